The summed E-state index contributed by atoms with van der Waals surface area (Å²) in [6.45, 7) is 4.88. The van der Waals surface area contributed by atoms with Crippen molar-refractivity contribution in [3.63, 3.8) is 0 Å². The molecule has 5 heteroatoms. The highest BCUT2D eigenvalue weighted by molar-refractivity contribution is 7.07. The van der Waals surface area contributed by atoms with E-state index in [0.29, 0.717) is 6.61 Å². The summed E-state index contributed by atoms with van der Waals surface area (Å²) in [5.41, 5.74) is 4.46. The average molecular weight is 339 g/mol. The van der Waals surface area contributed by atoms with Crippen LogP contribution in [0.1, 0.15) is 18.5 Å². The number of benzene rings is 1. The molecule has 3 rings (SSSR count). The summed E-state index contributed by atoms with van der Waals surface area (Å²) in [5.74, 6) is 0. The van der Waals surface area contributed by atoms with Crippen molar-refractivity contribution >= 4 is 17.0 Å². The van der Waals surface area contributed by atoms with E-state index in [2.05, 4.69) is 53.0 Å². The van der Waals surface area contributed by atoms with Gasteiger partial charge in [0.1, 0.15) is 0 Å². The van der Waals surface area contributed by atoms with Crippen LogP contribution in [0.15, 0.2) is 59.2 Å². The Kier molecular flexibility index (Phi) is 5.23. The maximum atomic E-state index is 5.37. The molecule has 0 radical (unpaired) electrons. The summed E-state index contributed by atoms with van der Waals surface area (Å²) in [7, 11) is 1.73. The van der Waals surface area contributed by atoms with Crippen LogP contribution in [0.2, 0.25) is 0 Å². The molecule has 24 heavy (non-hydrogen) atoms. The standard InChI is InChI=1S/C19H21N3OS/c1-14-6-8-16(9-7-14)18-13-24-19(22(18)15(2)12-23-3)21-17-5-4-10-20-11-17/h4-11,13,15H,12H2,1-3H3. The van der Waals surface area contributed by atoms with E-state index in [1.165, 1.54) is 11.1 Å². The van der Waals surface area contributed by atoms with Gasteiger partial charge in [-0.05, 0) is 31.5 Å². The molecule has 3 aromatic rings. The molecule has 0 N–H and O–H groups in total. The first kappa shape index (κ1) is 16.6. The lowest BCUT2D eigenvalue weighted by Crippen LogP contribution is -2.22. The summed E-state index contributed by atoms with van der Waals surface area (Å²) in [6.07, 6.45) is 3.53. The van der Waals surface area contributed by atoms with Crippen LogP contribution < -0.4 is 4.80 Å². The van der Waals surface area contributed by atoms with Crippen molar-refractivity contribution in [2.24, 2.45) is 4.99 Å². The number of thiazole rings is 1. The average Bonchev–Trinajstić information content (AvgIpc) is 3.00. The SMILES string of the molecule is COCC(C)n1c(-c2ccc(C)cc2)csc1=Nc1cccnc1. The van der Waals surface area contributed by atoms with Gasteiger partial charge in [-0.2, -0.15) is 0 Å². The van der Waals surface area contributed by atoms with Crippen molar-refractivity contribution in [1.29, 1.82) is 0 Å². The molecule has 0 aliphatic carbocycles. The van der Waals surface area contributed by atoms with Gasteiger partial charge in [-0.3, -0.25) is 4.98 Å². The monoisotopic (exact) mass is 339 g/mol. The second-order valence-electron chi connectivity index (χ2n) is 5.77. The Balaban J connectivity index is 2.13. The number of rotatable bonds is 5. The highest BCUT2D eigenvalue weighted by Gasteiger charge is 2.14. The lowest BCUT2D eigenvalue weighted by atomic mass is 10.1. The second kappa shape index (κ2) is 7.55. The van der Waals surface area contributed by atoms with Gasteiger partial charge in [0, 0.05) is 18.7 Å². The molecule has 124 valence electrons. The summed E-state index contributed by atoms with van der Waals surface area (Å²) < 4.78 is 7.61. The highest BCUT2D eigenvalue weighted by atomic mass is 32.1. The first-order valence-corrected chi connectivity index (χ1v) is 8.78. The van der Waals surface area contributed by atoms with Crippen LogP contribution >= 0.6 is 11.3 Å². The fourth-order valence-electron chi connectivity index (χ4n) is 2.61. The summed E-state index contributed by atoms with van der Waals surface area (Å²) in [6, 6.07) is 12.6. The lowest BCUT2D eigenvalue weighted by molar-refractivity contribution is 0.162. The number of ether oxygens (including phenoxy) is 1. The zero-order chi connectivity index (χ0) is 16.9. The number of nitrogens with zero attached hydrogens (tertiary/aromatic N) is 3. The Morgan fingerprint density at radius 1 is 1.25 bits per heavy atom. The Bertz CT molecular complexity index is 850. The van der Waals surface area contributed by atoms with E-state index in [4.69, 9.17) is 9.73 Å². The quantitative estimate of drug-likeness (QED) is 0.693. The maximum Gasteiger partial charge on any atom is 0.190 e. The minimum Gasteiger partial charge on any atom is -0.383 e. The van der Waals surface area contributed by atoms with Crippen molar-refractivity contribution in [1.82, 2.24) is 9.55 Å². The van der Waals surface area contributed by atoms with Gasteiger partial charge in [-0.1, -0.05) is 29.8 Å². The predicted octanol–water partition coefficient (Wildman–Crippen LogP) is 4.36. The van der Waals surface area contributed by atoms with Crippen molar-refractivity contribution in [3.8, 4) is 11.3 Å². The first-order chi connectivity index (χ1) is 11.7. The molecule has 0 bridgehead atoms. The number of methoxy groups -OCH3 is 1. The van der Waals surface area contributed by atoms with Gasteiger partial charge in [0.25, 0.3) is 0 Å². The molecule has 2 aromatic heterocycles. The van der Waals surface area contributed by atoms with Gasteiger partial charge in [-0.15, -0.1) is 11.3 Å². The zero-order valence-electron chi connectivity index (χ0n) is 14.1. The second-order valence-corrected chi connectivity index (χ2v) is 6.60. The minimum absolute atomic E-state index is 0.188. The minimum atomic E-state index is 0.188. The van der Waals surface area contributed by atoms with Gasteiger partial charge >= 0.3 is 0 Å². The normalized spacial score (nSPS) is 13.2. The topological polar surface area (TPSA) is 39.4 Å². The van der Waals surface area contributed by atoms with Crippen LogP contribution in [0.3, 0.4) is 0 Å². The van der Waals surface area contributed by atoms with Crippen LogP contribution in [0.5, 0.6) is 0 Å². The van der Waals surface area contributed by atoms with Crippen molar-refractivity contribution < 1.29 is 4.74 Å². The largest absolute Gasteiger partial charge is 0.383 e. The molecule has 0 fully saturated rings. The lowest BCUT2D eigenvalue weighted by Gasteiger charge is -2.16. The molecule has 0 saturated heterocycles. The van der Waals surface area contributed by atoms with Crippen LogP contribution in [-0.4, -0.2) is 23.3 Å². The summed E-state index contributed by atoms with van der Waals surface area (Å²) >= 11 is 1.64. The van der Waals surface area contributed by atoms with Crippen LogP contribution in [-0.2, 0) is 4.74 Å². The molecule has 0 aliphatic rings. The Hall–Kier alpha value is -2.24. The van der Waals surface area contributed by atoms with Gasteiger partial charge in [0.2, 0.25) is 0 Å². The molecule has 0 spiro atoms. The molecule has 2 heterocycles. The van der Waals surface area contributed by atoms with Crippen LogP contribution in [0.4, 0.5) is 5.69 Å². The molecule has 1 aromatic carbocycles. The Labute approximate surface area is 146 Å². The van der Waals surface area contributed by atoms with E-state index in [1.54, 1.807) is 30.8 Å². The maximum absolute atomic E-state index is 5.37. The molecule has 0 aliphatic heterocycles. The highest BCUT2D eigenvalue weighted by Crippen LogP contribution is 2.24. The number of hydrogen-bond acceptors (Lipinski definition) is 4. The third-order valence-electron chi connectivity index (χ3n) is 3.81. The fraction of sp³-hybridized carbons (Fsp3) is 0.263. The van der Waals surface area contributed by atoms with Gasteiger partial charge in [-0.25, -0.2) is 4.99 Å². The fourth-order valence-corrected chi connectivity index (χ4v) is 3.63. The molecule has 4 nitrogen and oxygen atoms in total. The van der Waals surface area contributed by atoms with Gasteiger partial charge in [0.05, 0.1) is 30.2 Å². The predicted molar refractivity (Wildman–Crippen MR) is 98.5 cm³/mol. The van der Waals surface area contributed by atoms with Crippen molar-refractivity contribution in [2.45, 2.75) is 19.9 Å². The van der Waals surface area contributed by atoms with Crippen molar-refractivity contribution in [2.75, 3.05) is 13.7 Å². The van der Waals surface area contributed by atoms with E-state index >= 15 is 0 Å². The van der Waals surface area contributed by atoms with E-state index in [9.17, 15) is 0 Å². The molecule has 1 atom stereocenters. The molecule has 1 unspecified atom stereocenters. The van der Waals surface area contributed by atoms with Crippen LogP contribution in [0.25, 0.3) is 11.3 Å². The zero-order valence-corrected chi connectivity index (χ0v) is 15.0. The number of hydrogen-bond donors (Lipinski definition) is 0. The van der Waals surface area contributed by atoms with Crippen molar-refractivity contribution in [3.05, 3.63) is 64.5 Å². The van der Waals surface area contributed by atoms with Gasteiger partial charge in [0.15, 0.2) is 4.80 Å². The van der Waals surface area contributed by atoms with E-state index in [-0.39, 0.29) is 6.04 Å². The van der Waals surface area contributed by atoms with E-state index < -0.39 is 0 Å². The number of pyridine rings is 1. The third-order valence-corrected chi connectivity index (χ3v) is 4.65. The Morgan fingerprint density at radius 3 is 2.71 bits per heavy atom. The van der Waals surface area contributed by atoms with Gasteiger partial charge < -0.3 is 9.30 Å². The van der Waals surface area contributed by atoms with E-state index in [0.717, 1.165) is 16.2 Å². The molecule has 0 saturated carbocycles. The molecule has 0 amide bonds. The van der Waals surface area contributed by atoms with Crippen LogP contribution in [0, 0.1) is 6.92 Å². The van der Waals surface area contributed by atoms with E-state index in [1.807, 2.05) is 12.1 Å². The smallest absolute Gasteiger partial charge is 0.190 e. The number of aromatic nitrogens is 2. The molecular weight excluding hydrogens is 318 g/mol. The summed E-state index contributed by atoms with van der Waals surface area (Å²) in [4.78, 5) is 9.86. The first-order valence-electron chi connectivity index (χ1n) is 7.90. The summed E-state index contributed by atoms with van der Waals surface area (Å²) in [5, 5.41) is 2.16. The molecular formula is C19H21N3OS. The third kappa shape index (κ3) is 3.63. The number of aryl methyl sites for hydroxylation is 1. The Morgan fingerprint density at radius 2 is 2.04 bits per heavy atom.